The van der Waals surface area contributed by atoms with E-state index >= 15 is 0 Å². The Morgan fingerprint density at radius 2 is 1.91 bits per heavy atom. The molecule has 4 N–H and O–H groups in total. The highest BCUT2D eigenvalue weighted by Gasteiger charge is 2.37. The van der Waals surface area contributed by atoms with E-state index in [-0.39, 0.29) is 6.61 Å². The number of nitrogens with zero attached hydrogens (tertiary/aromatic N) is 4. The molecular formula is C24H29N7O. The Labute approximate surface area is 188 Å². The first-order valence-corrected chi connectivity index (χ1v) is 11.3. The summed E-state index contributed by atoms with van der Waals surface area (Å²) in [5.74, 6) is 3.43. The van der Waals surface area contributed by atoms with E-state index in [0.717, 1.165) is 24.9 Å². The number of benzene rings is 1. The third kappa shape index (κ3) is 5.09. The fourth-order valence-corrected chi connectivity index (χ4v) is 5.08. The van der Waals surface area contributed by atoms with Crippen molar-refractivity contribution in [2.75, 3.05) is 23.8 Å². The maximum Gasteiger partial charge on any atom is 0.224 e. The molecule has 0 radical (unpaired) electrons. The second-order valence-electron chi connectivity index (χ2n) is 8.72. The summed E-state index contributed by atoms with van der Waals surface area (Å²) in [5, 5.41) is 24.8. The quantitative estimate of drug-likeness (QED) is 0.579. The van der Waals surface area contributed by atoms with E-state index in [1.807, 2.05) is 30.3 Å². The van der Waals surface area contributed by atoms with E-state index in [9.17, 15) is 5.26 Å². The summed E-state index contributed by atoms with van der Waals surface area (Å²) < 4.78 is 5.47. The number of para-hydroxylation sites is 1. The third-order valence-electron chi connectivity index (χ3n) is 6.68. The zero-order chi connectivity index (χ0) is 22.3. The van der Waals surface area contributed by atoms with Crippen molar-refractivity contribution >= 4 is 11.8 Å². The number of nitrogens with two attached hydrogens (primary N) is 1. The molecular weight excluding hydrogens is 402 g/mol. The normalized spacial score (nSPS) is 24.1. The van der Waals surface area contributed by atoms with Gasteiger partial charge in [0.15, 0.2) is 6.61 Å². The zero-order valence-electron chi connectivity index (χ0n) is 18.1. The van der Waals surface area contributed by atoms with Crippen LogP contribution in [0, 0.1) is 40.4 Å². The number of hydrogen-bond donors (Lipinski definition) is 3. The zero-order valence-corrected chi connectivity index (χ0v) is 18.1. The Morgan fingerprint density at radius 1 is 1.12 bits per heavy atom. The lowest BCUT2D eigenvalue weighted by atomic mass is 9.65. The fourth-order valence-electron chi connectivity index (χ4n) is 5.08. The summed E-state index contributed by atoms with van der Waals surface area (Å²) in [4.78, 5) is 8.82. The molecule has 2 bridgehead atoms. The number of nitriles is 2. The van der Waals surface area contributed by atoms with Crippen molar-refractivity contribution in [2.45, 2.75) is 44.7 Å². The molecule has 0 saturated heterocycles. The minimum Gasteiger partial charge on any atom is -0.478 e. The van der Waals surface area contributed by atoms with E-state index in [2.05, 4.69) is 26.7 Å². The molecule has 8 heteroatoms. The Balaban J connectivity index is 1.39. The van der Waals surface area contributed by atoms with Gasteiger partial charge in [-0.1, -0.05) is 24.6 Å². The molecule has 2 aliphatic rings. The molecule has 2 fully saturated rings. The lowest BCUT2D eigenvalue weighted by Crippen LogP contribution is -2.47. The predicted molar refractivity (Wildman–Crippen MR) is 122 cm³/mol. The van der Waals surface area contributed by atoms with Crippen molar-refractivity contribution in [3.63, 3.8) is 0 Å². The van der Waals surface area contributed by atoms with E-state index in [1.165, 1.54) is 19.3 Å². The van der Waals surface area contributed by atoms with Gasteiger partial charge in [0.25, 0.3) is 0 Å². The fraction of sp³-hybridized carbons (Fsp3) is 0.500. The van der Waals surface area contributed by atoms with Gasteiger partial charge in [-0.2, -0.15) is 15.5 Å². The second kappa shape index (κ2) is 10.3. The van der Waals surface area contributed by atoms with Gasteiger partial charge in [-0.05, 0) is 49.5 Å². The Morgan fingerprint density at radius 3 is 2.66 bits per heavy atom. The predicted octanol–water partition coefficient (Wildman–Crippen LogP) is 3.43. The van der Waals surface area contributed by atoms with Crippen LogP contribution in [0.4, 0.5) is 11.8 Å². The number of fused-ring (bicyclic) bond motifs is 2. The second-order valence-corrected chi connectivity index (χ2v) is 8.72. The van der Waals surface area contributed by atoms with Crippen molar-refractivity contribution < 1.29 is 4.74 Å². The maximum atomic E-state index is 9.49. The number of aromatic nitrogens is 2. The van der Waals surface area contributed by atoms with Crippen molar-refractivity contribution in [1.82, 2.24) is 9.97 Å². The molecule has 0 spiro atoms. The van der Waals surface area contributed by atoms with Gasteiger partial charge in [-0.25, -0.2) is 4.98 Å². The molecule has 32 heavy (non-hydrogen) atoms. The highest BCUT2D eigenvalue weighted by atomic mass is 16.5. The Kier molecular flexibility index (Phi) is 7.03. The van der Waals surface area contributed by atoms with Crippen LogP contribution in [0.5, 0.6) is 5.75 Å². The third-order valence-corrected chi connectivity index (χ3v) is 6.68. The average Bonchev–Trinajstić information content (AvgIpc) is 2.81. The monoisotopic (exact) mass is 431 g/mol. The van der Waals surface area contributed by atoms with Gasteiger partial charge in [0.1, 0.15) is 29.3 Å². The molecule has 166 valence electrons. The first-order valence-electron chi connectivity index (χ1n) is 11.3. The van der Waals surface area contributed by atoms with Gasteiger partial charge >= 0.3 is 0 Å². The van der Waals surface area contributed by atoms with Crippen LogP contribution >= 0.6 is 0 Å². The highest BCUT2D eigenvalue weighted by Crippen LogP contribution is 2.41. The summed E-state index contributed by atoms with van der Waals surface area (Å²) >= 11 is 0. The minimum absolute atomic E-state index is 0.00771. The largest absolute Gasteiger partial charge is 0.478 e. The maximum absolute atomic E-state index is 9.49. The smallest absolute Gasteiger partial charge is 0.224 e. The van der Waals surface area contributed by atoms with Gasteiger partial charge < -0.3 is 21.1 Å². The number of rotatable bonds is 8. The molecule has 2 saturated carbocycles. The molecule has 1 heterocycles. The van der Waals surface area contributed by atoms with Crippen LogP contribution in [-0.4, -0.2) is 29.2 Å². The molecule has 1 aromatic heterocycles. The van der Waals surface area contributed by atoms with Gasteiger partial charge in [-0.3, -0.25) is 0 Å². The molecule has 2 unspecified atom stereocenters. The summed E-state index contributed by atoms with van der Waals surface area (Å²) in [6.07, 6.45) is 7.59. The van der Waals surface area contributed by atoms with Crippen LogP contribution in [0.3, 0.4) is 0 Å². The van der Waals surface area contributed by atoms with Crippen molar-refractivity contribution in [3.8, 4) is 17.9 Å². The Bertz CT molecular complexity index is 998. The van der Waals surface area contributed by atoms with Crippen LogP contribution < -0.4 is 21.1 Å². The number of nitrogens with one attached hydrogen (secondary N) is 2. The number of ether oxygens (including phenoxy) is 1. The number of hydrogen-bond acceptors (Lipinski definition) is 8. The van der Waals surface area contributed by atoms with Crippen LogP contribution in [0.1, 0.15) is 43.2 Å². The van der Waals surface area contributed by atoms with Crippen LogP contribution in [0.2, 0.25) is 0 Å². The summed E-state index contributed by atoms with van der Waals surface area (Å²) in [5.41, 5.74) is 7.75. The van der Waals surface area contributed by atoms with Gasteiger partial charge in [0.05, 0.1) is 6.20 Å². The molecule has 4 atom stereocenters. The van der Waals surface area contributed by atoms with Gasteiger partial charge in [-0.15, -0.1) is 0 Å². The van der Waals surface area contributed by atoms with E-state index < -0.39 is 0 Å². The Hall–Kier alpha value is -3.36. The van der Waals surface area contributed by atoms with Crippen molar-refractivity contribution in [1.29, 1.82) is 10.5 Å². The lowest BCUT2D eigenvalue weighted by Gasteiger charge is -2.44. The van der Waals surface area contributed by atoms with Crippen LogP contribution in [0.15, 0.2) is 30.5 Å². The molecule has 0 aliphatic heterocycles. The van der Waals surface area contributed by atoms with Crippen LogP contribution in [0.25, 0.3) is 0 Å². The summed E-state index contributed by atoms with van der Waals surface area (Å²) in [6.45, 7) is 1.22. The molecule has 2 aromatic rings. The van der Waals surface area contributed by atoms with Crippen molar-refractivity contribution in [3.05, 3.63) is 41.6 Å². The first-order chi connectivity index (χ1) is 15.7. The summed E-state index contributed by atoms with van der Waals surface area (Å²) in [7, 11) is 0. The first kappa shape index (κ1) is 21.9. The average molecular weight is 432 g/mol. The molecule has 0 amide bonds. The van der Waals surface area contributed by atoms with E-state index in [0.29, 0.717) is 53.4 Å². The van der Waals surface area contributed by atoms with E-state index in [1.54, 1.807) is 6.20 Å². The topological polar surface area (TPSA) is 133 Å². The van der Waals surface area contributed by atoms with Crippen molar-refractivity contribution in [2.24, 2.45) is 23.5 Å². The van der Waals surface area contributed by atoms with Gasteiger partial charge in [0.2, 0.25) is 5.95 Å². The van der Waals surface area contributed by atoms with E-state index in [4.69, 9.17) is 15.7 Å². The standard InChI is InChI=1S/C24H29N7O/c25-8-9-32-21-7-2-1-4-19(21)14-29-24-30-15-20(12-26)23(31-24)28-13-16-10-17-5-3-6-18(11-16)22(17)27/h1-2,4,7,15-18,22H,3,5-6,9-11,13-14,27H2,(H2,28,29,30,31)/t16?,17-,18+,22?. The summed E-state index contributed by atoms with van der Waals surface area (Å²) in [6, 6.07) is 12.0. The molecule has 2 aliphatic carbocycles. The molecule has 4 rings (SSSR count). The minimum atomic E-state index is -0.00771. The van der Waals surface area contributed by atoms with Crippen LogP contribution in [-0.2, 0) is 6.54 Å². The number of anilines is 2. The molecule has 1 aromatic carbocycles. The van der Waals surface area contributed by atoms with Gasteiger partial charge in [0, 0.05) is 24.7 Å². The SMILES string of the molecule is N#CCOc1ccccc1CNc1ncc(C#N)c(NCC2C[C@H]3CCC[C@@H](C2)C3N)n1. The molecule has 8 nitrogen and oxygen atoms in total. The lowest BCUT2D eigenvalue weighted by molar-refractivity contribution is 0.112. The highest BCUT2D eigenvalue weighted by molar-refractivity contribution is 5.53.